The Balaban J connectivity index is 1.87. The second kappa shape index (κ2) is 5.39. The van der Waals surface area contributed by atoms with Gasteiger partial charge >= 0.3 is 0 Å². The number of aryl methyl sites for hydroxylation is 1. The molecule has 1 N–H and O–H groups in total. The van der Waals surface area contributed by atoms with E-state index in [1.54, 1.807) is 0 Å². The van der Waals surface area contributed by atoms with Crippen LogP contribution in [-0.4, -0.2) is 16.5 Å². The third-order valence-electron chi connectivity index (χ3n) is 3.68. The van der Waals surface area contributed by atoms with Gasteiger partial charge in [-0.25, -0.2) is 0 Å². The van der Waals surface area contributed by atoms with E-state index in [0.717, 1.165) is 37.2 Å². The van der Waals surface area contributed by atoms with Gasteiger partial charge < -0.3 is 5.32 Å². The molecule has 1 aliphatic rings. The highest BCUT2D eigenvalue weighted by Crippen LogP contribution is 2.36. The zero-order valence-electron chi connectivity index (χ0n) is 11.3. The number of pyridine rings is 2. The molecule has 19 heavy (non-hydrogen) atoms. The van der Waals surface area contributed by atoms with Gasteiger partial charge in [-0.05, 0) is 43.0 Å². The van der Waals surface area contributed by atoms with Crippen molar-refractivity contribution in [1.82, 2.24) is 9.97 Å². The highest BCUT2D eigenvalue weighted by molar-refractivity contribution is 5.46. The maximum absolute atomic E-state index is 4.55. The average molecular weight is 253 g/mol. The number of fused-ring (bicyclic) bond motifs is 1. The highest BCUT2D eigenvalue weighted by Gasteiger charge is 2.26. The number of anilines is 1. The van der Waals surface area contributed by atoms with Crippen LogP contribution in [0.5, 0.6) is 0 Å². The lowest BCUT2D eigenvalue weighted by Gasteiger charge is -2.12. The molecule has 0 aromatic carbocycles. The first-order chi connectivity index (χ1) is 9.38. The summed E-state index contributed by atoms with van der Waals surface area (Å²) in [7, 11) is 0. The Labute approximate surface area is 114 Å². The number of rotatable bonds is 4. The van der Waals surface area contributed by atoms with Gasteiger partial charge in [0.15, 0.2) is 0 Å². The molecule has 0 radical (unpaired) electrons. The standard InChI is InChI=1S/C16H19N3/c1-2-8-17-13-7-10-18-15(11-13)14-6-5-12-4-3-9-19-16(12)14/h3-4,7,9-11,14H,2,5-6,8H2,1H3,(H,17,18). The lowest BCUT2D eigenvalue weighted by Crippen LogP contribution is -2.04. The van der Waals surface area contributed by atoms with Crippen molar-refractivity contribution in [1.29, 1.82) is 0 Å². The second-order valence-electron chi connectivity index (χ2n) is 5.04. The first kappa shape index (κ1) is 12.2. The van der Waals surface area contributed by atoms with Gasteiger partial charge in [0.2, 0.25) is 0 Å². The van der Waals surface area contributed by atoms with Gasteiger partial charge in [-0.1, -0.05) is 13.0 Å². The molecule has 2 aromatic rings. The first-order valence-corrected chi connectivity index (χ1v) is 7.02. The zero-order valence-corrected chi connectivity index (χ0v) is 11.3. The van der Waals surface area contributed by atoms with E-state index in [2.05, 4.69) is 34.3 Å². The van der Waals surface area contributed by atoms with E-state index >= 15 is 0 Å². The van der Waals surface area contributed by atoms with Crippen LogP contribution < -0.4 is 5.32 Å². The molecule has 98 valence electrons. The molecule has 0 bridgehead atoms. The summed E-state index contributed by atoms with van der Waals surface area (Å²) in [5.41, 5.74) is 4.89. The smallest absolute Gasteiger partial charge is 0.0526 e. The Morgan fingerprint density at radius 3 is 3.11 bits per heavy atom. The minimum atomic E-state index is 0.361. The third-order valence-corrected chi connectivity index (χ3v) is 3.68. The predicted octanol–water partition coefficient (Wildman–Crippen LogP) is 3.38. The molecule has 0 amide bonds. The van der Waals surface area contributed by atoms with Crippen molar-refractivity contribution in [3.05, 3.63) is 53.6 Å². The highest BCUT2D eigenvalue weighted by atomic mass is 14.9. The fraction of sp³-hybridized carbons (Fsp3) is 0.375. The summed E-state index contributed by atoms with van der Waals surface area (Å²) in [5.74, 6) is 0.361. The Morgan fingerprint density at radius 2 is 2.21 bits per heavy atom. The fourth-order valence-electron chi connectivity index (χ4n) is 2.72. The van der Waals surface area contributed by atoms with E-state index in [0.29, 0.717) is 5.92 Å². The normalized spacial score (nSPS) is 17.2. The van der Waals surface area contributed by atoms with Gasteiger partial charge in [-0.2, -0.15) is 0 Å². The number of hydrogen-bond donors (Lipinski definition) is 1. The average Bonchev–Trinajstić information content (AvgIpc) is 2.89. The first-order valence-electron chi connectivity index (χ1n) is 7.02. The van der Waals surface area contributed by atoms with Gasteiger partial charge in [0, 0.05) is 30.5 Å². The minimum Gasteiger partial charge on any atom is -0.385 e. The van der Waals surface area contributed by atoms with Crippen molar-refractivity contribution >= 4 is 5.69 Å². The molecule has 2 heterocycles. The molecular weight excluding hydrogens is 234 g/mol. The van der Waals surface area contributed by atoms with Crippen molar-refractivity contribution in [2.75, 3.05) is 11.9 Å². The summed E-state index contributed by atoms with van der Waals surface area (Å²) >= 11 is 0. The summed E-state index contributed by atoms with van der Waals surface area (Å²) in [6.45, 7) is 3.18. The summed E-state index contributed by atoms with van der Waals surface area (Å²) in [4.78, 5) is 9.10. The fourth-order valence-corrected chi connectivity index (χ4v) is 2.72. The lowest BCUT2D eigenvalue weighted by molar-refractivity contribution is 0.746. The van der Waals surface area contributed by atoms with Crippen LogP contribution in [0.3, 0.4) is 0 Å². The Hall–Kier alpha value is -1.90. The van der Waals surface area contributed by atoms with Crippen LogP contribution in [0.25, 0.3) is 0 Å². The number of nitrogens with zero attached hydrogens (tertiary/aromatic N) is 2. The summed E-state index contributed by atoms with van der Waals surface area (Å²) in [6.07, 6.45) is 7.15. The van der Waals surface area contributed by atoms with Gasteiger partial charge in [-0.3, -0.25) is 9.97 Å². The molecule has 1 unspecified atom stereocenters. The maximum atomic E-state index is 4.55. The molecule has 3 nitrogen and oxygen atoms in total. The van der Waals surface area contributed by atoms with Crippen LogP contribution in [0.2, 0.25) is 0 Å². The number of aromatic nitrogens is 2. The van der Waals surface area contributed by atoms with E-state index in [1.807, 2.05) is 24.5 Å². The van der Waals surface area contributed by atoms with E-state index in [1.165, 1.54) is 11.3 Å². The quantitative estimate of drug-likeness (QED) is 0.907. The van der Waals surface area contributed by atoms with Crippen molar-refractivity contribution in [2.45, 2.75) is 32.1 Å². The van der Waals surface area contributed by atoms with Gasteiger partial charge in [-0.15, -0.1) is 0 Å². The van der Waals surface area contributed by atoms with E-state index in [4.69, 9.17) is 0 Å². The van der Waals surface area contributed by atoms with Gasteiger partial charge in [0.1, 0.15) is 0 Å². The molecule has 1 atom stereocenters. The zero-order chi connectivity index (χ0) is 13.1. The van der Waals surface area contributed by atoms with Gasteiger partial charge in [0.25, 0.3) is 0 Å². The monoisotopic (exact) mass is 253 g/mol. The predicted molar refractivity (Wildman–Crippen MR) is 77.4 cm³/mol. The van der Waals surface area contributed by atoms with Crippen LogP contribution in [0, 0.1) is 0 Å². The second-order valence-corrected chi connectivity index (χ2v) is 5.04. The molecule has 0 aliphatic heterocycles. The molecule has 1 aliphatic carbocycles. The van der Waals surface area contributed by atoms with Crippen molar-refractivity contribution in [2.24, 2.45) is 0 Å². The van der Waals surface area contributed by atoms with E-state index < -0.39 is 0 Å². The molecule has 2 aromatic heterocycles. The maximum Gasteiger partial charge on any atom is 0.0526 e. The molecular formula is C16H19N3. The number of hydrogen-bond acceptors (Lipinski definition) is 3. The number of nitrogens with one attached hydrogen (secondary N) is 1. The molecule has 0 spiro atoms. The van der Waals surface area contributed by atoms with Gasteiger partial charge in [0.05, 0.1) is 11.4 Å². The molecule has 0 fully saturated rings. The van der Waals surface area contributed by atoms with Crippen molar-refractivity contribution < 1.29 is 0 Å². The summed E-state index contributed by atoms with van der Waals surface area (Å²) in [5, 5.41) is 3.42. The van der Waals surface area contributed by atoms with Crippen molar-refractivity contribution in [3.63, 3.8) is 0 Å². The molecule has 0 saturated heterocycles. The van der Waals surface area contributed by atoms with Crippen LogP contribution in [-0.2, 0) is 6.42 Å². The molecule has 0 saturated carbocycles. The largest absolute Gasteiger partial charge is 0.385 e. The molecule has 3 rings (SSSR count). The topological polar surface area (TPSA) is 37.8 Å². The Kier molecular flexibility index (Phi) is 3.45. The minimum absolute atomic E-state index is 0.361. The van der Waals surface area contributed by atoms with Crippen LogP contribution in [0.4, 0.5) is 5.69 Å². The van der Waals surface area contributed by atoms with Crippen LogP contribution >= 0.6 is 0 Å². The van der Waals surface area contributed by atoms with E-state index in [9.17, 15) is 0 Å². The lowest BCUT2D eigenvalue weighted by atomic mass is 10.0. The Morgan fingerprint density at radius 1 is 1.26 bits per heavy atom. The molecule has 3 heteroatoms. The third kappa shape index (κ3) is 2.46. The van der Waals surface area contributed by atoms with E-state index in [-0.39, 0.29) is 0 Å². The van der Waals surface area contributed by atoms with Crippen molar-refractivity contribution in [3.8, 4) is 0 Å². The summed E-state index contributed by atoms with van der Waals surface area (Å²) in [6, 6.07) is 8.41. The Bertz CT molecular complexity index is 565. The summed E-state index contributed by atoms with van der Waals surface area (Å²) < 4.78 is 0. The SMILES string of the molecule is CCCNc1ccnc(C2CCc3cccnc32)c1. The van der Waals surface area contributed by atoms with Crippen LogP contribution in [0.15, 0.2) is 36.7 Å². The van der Waals surface area contributed by atoms with Crippen LogP contribution in [0.1, 0.15) is 42.6 Å².